The van der Waals surface area contributed by atoms with Gasteiger partial charge in [-0.1, -0.05) is 38.8 Å². The van der Waals surface area contributed by atoms with Crippen molar-refractivity contribution in [2.45, 2.75) is 39.5 Å². The third kappa shape index (κ3) is 6.87. The fourth-order valence-electron chi connectivity index (χ4n) is 2.30. The number of hydrogen-bond donors (Lipinski definition) is 1. The van der Waals surface area contributed by atoms with Gasteiger partial charge in [0, 0.05) is 25.7 Å². The van der Waals surface area contributed by atoms with Crippen LogP contribution in [-0.4, -0.2) is 41.8 Å². The monoisotopic (exact) mass is 348 g/mol. The van der Waals surface area contributed by atoms with Crippen LogP contribution in [0.25, 0.3) is 0 Å². The highest BCUT2D eigenvalue weighted by Gasteiger charge is 2.17. The summed E-state index contributed by atoms with van der Waals surface area (Å²) in [5, 5.41) is 9.28. The standard InChI is InChI=1S/C19H28N2O4/c1-4-7-13-20(14-8-5-2)19(24)25-17-11-9-10-16(15-17)21(12-6-3)18(22)23/h6,9-11,15H,3-5,7-8,12-14H2,1-2H3,(H,22,23). The van der Waals surface area contributed by atoms with Crippen LogP contribution in [0.5, 0.6) is 5.75 Å². The first kappa shape index (κ1) is 20.5. The molecule has 0 aromatic heterocycles. The maximum Gasteiger partial charge on any atom is 0.415 e. The van der Waals surface area contributed by atoms with Crippen molar-refractivity contribution in [1.82, 2.24) is 4.90 Å². The molecule has 6 heteroatoms. The molecule has 0 radical (unpaired) electrons. The highest BCUT2D eigenvalue weighted by Crippen LogP contribution is 2.22. The first-order valence-corrected chi connectivity index (χ1v) is 8.71. The third-order valence-electron chi connectivity index (χ3n) is 3.70. The number of ether oxygens (including phenoxy) is 1. The molecule has 0 aliphatic heterocycles. The fraction of sp³-hybridized carbons (Fsp3) is 0.474. The van der Waals surface area contributed by atoms with Gasteiger partial charge in [-0.25, -0.2) is 9.59 Å². The molecular formula is C19H28N2O4. The number of anilines is 1. The number of amides is 2. The number of nitrogens with zero attached hydrogens (tertiary/aromatic N) is 2. The fourth-order valence-corrected chi connectivity index (χ4v) is 2.30. The van der Waals surface area contributed by atoms with Crippen LogP contribution < -0.4 is 9.64 Å². The van der Waals surface area contributed by atoms with Crippen molar-refractivity contribution in [3.05, 3.63) is 36.9 Å². The summed E-state index contributed by atoms with van der Waals surface area (Å²) >= 11 is 0. The summed E-state index contributed by atoms with van der Waals surface area (Å²) in [7, 11) is 0. The van der Waals surface area contributed by atoms with E-state index >= 15 is 0 Å². The van der Waals surface area contributed by atoms with Gasteiger partial charge < -0.3 is 14.7 Å². The Morgan fingerprint density at radius 1 is 1.20 bits per heavy atom. The van der Waals surface area contributed by atoms with Crippen molar-refractivity contribution in [3.63, 3.8) is 0 Å². The maximum absolute atomic E-state index is 12.4. The second-order valence-corrected chi connectivity index (χ2v) is 5.74. The molecule has 0 bridgehead atoms. The van der Waals surface area contributed by atoms with Crippen LogP contribution in [0.1, 0.15) is 39.5 Å². The molecule has 0 unspecified atom stereocenters. The minimum Gasteiger partial charge on any atom is -0.465 e. The van der Waals surface area contributed by atoms with E-state index in [1.807, 2.05) is 0 Å². The van der Waals surface area contributed by atoms with Crippen molar-refractivity contribution in [1.29, 1.82) is 0 Å². The van der Waals surface area contributed by atoms with E-state index in [9.17, 15) is 14.7 Å². The van der Waals surface area contributed by atoms with E-state index in [0.29, 0.717) is 24.5 Å². The molecule has 0 spiro atoms. The van der Waals surface area contributed by atoms with Crippen LogP contribution in [0.4, 0.5) is 15.3 Å². The average molecular weight is 348 g/mol. The Kier molecular flexibility index (Phi) is 9.14. The van der Waals surface area contributed by atoms with Crippen LogP contribution in [-0.2, 0) is 0 Å². The largest absolute Gasteiger partial charge is 0.465 e. The number of rotatable bonds is 10. The summed E-state index contributed by atoms with van der Waals surface area (Å²) in [5.41, 5.74) is 0.436. The lowest BCUT2D eigenvalue weighted by Crippen LogP contribution is -2.35. The lowest BCUT2D eigenvalue weighted by Gasteiger charge is -2.22. The number of benzene rings is 1. The summed E-state index contributed by atoms with van der Waals surface area (Å²) < 4.78 is 5.46. The van der Waals surface area contributed by atoms with E-state index in [0.717, 1.165) is 30.6 Å². The lowest BCUT2D eigenvalue weighted by atomic mass is 10.2. The number of carbonyl (C=O) groups excluding carboxylic acids is 1. The van der Waals surface area contributed by atoms with E-state index < -0.39 is 12.2 Å². The van der Waals surface area contributed by atoms with Crippen LogP contribution in [0, 0.1) is 0 Å². The molecule has 0 saturated carbocycles. The topological polar surface area (TPSA) is 70.1 Å². The number of hydrogen-bond acceptors (Lipinski definition) is 3. The van der Waals surface area contributed by atoms with Gasteiger partial charge in [0.2, 0.25) is 0 Å². The molecular weight excluding hydrogens is 320 g/mol. The zero-order valence-electron chi connectivity index (χ0n) is 15.1. The molecule has 0 saturated heterocycles. The number of carboxylic acid groups (broad SMARTS) is 1. The summed E-state index contributed by atoms with van der Waals surface area (Å²) in [4.78, 5) is 26.6. The number of unbranched alkanes of at least 4 members (excludes halogenated alkanes) is 2. The van der Waals surface area contributed by atoms with Crippen molar-refractivity contribution in [2.75, 3.05) is 24.5 Å². The van der Waals surface area contributed by atoms with Gasteiger partial charge in [-0.05, 0) is 25.0 Å². The molecule has 0 atom stereocenters. The minimum absolute atomic E-state index is 0.159. The van der Waals surface area contributed by atoms with Crippen molar-refractivity contribution < 1.29 is 19.4 Å². The molecule has 1 rings (SSSR count). The zero-order chi connectivity index (χ0) is 18.7. The molecule has 0 heterocycles. The van der Waals surface area contributed by atoms with Gasteiger partial charge in [0.05, 0.1) is 5.69 Å². The SMILES string of the molecule is C=CCN(C(=O)O)c1cccc(OC(=O)N(CCCC)CCCC)c1. The minimum atomic E-state index is -1.09. The Morgan fingerprint density at radius 3 is 2.36 bits per heavy atom. The van der Waals surface area contributed by atoms with Gasteiger partial charge in [-0.15, -0.1) is 6.58 Å². The lowest BCUT2D eigenvalue weighted by molar-refractivity contribution is 0.150. The summed E-state index contributed by atoms with van der Waals surface area (Å²) in [6.45, 7) is 9.19. The van der Waals surface area contributed by atoms with Gasteiger partial charge >= 0.3 is 12.2 Å². The highest BCUT2D eigenvalue weighted by molar-refractivity contribution is 5.86. The van der Waals surface area contributed by atoms with E-state index in [4.69, 9.17) is 4.74 Å². The van der Waals surface area contributed by atoms with Crippen LogP contribution in [0.2, 0.25) is 0 Å². The summed E-state index contributed by atoms with van der Waals surface area (Å²) in [6, 6.07) is 6.51. The van der Waals surface area contributed by atoms with Gasteiger partial charge in [0.25, 0.3) is 0 Å². The molecule has 0 fully saturated rings. The molecule has 6 nitrogen and oxygen atoms in total. The Balaban J connectivity index is 2.85. The quantitative estimate of drug-likeness (QED) is 0.619. The Labute approximate surface area is 149 Å². The summed E-state index contributed by atoms with van der Waals surface area (Å²) in [5.74, 6) is 0.329. The molecule has 2 amide bonds. The van der Waals surface area contributed by atoms with Crippen LogP contribution in [0.15, 0.2) is 36.9 Å². The van der Waals surface area contributed by atoms with E-state index in [2.05, 4.69) is 20.4 Å². The predicted molar refractivity (Wildman–Crippen MR) is 99.4 cm³/mol. The first-order valence-electron chi connectivity index (χ1n) is 8.71. The van der Waals surface area contributed by atoms with E-state index in [1.54, 1.807) is 29.2 Å². The molecule has 1 N–H and O–H groups in total. The van der Waals surface area contributed by atoms with Gasteiger partial charge in [-0.2, -0.15) is 0 Å². The summed E-state index contributed by atoms with van der Waals surface area (Å²) in [6.07, 6.45) is 3.86. The second-order valence-electron chi connectivity index (χ2n) is 5.74. The van der Waals surface area contributed by atoms with Gasteiger partial charge in [0.15, 0.2) is 0 Å². The Bertz CT molecular complexity index is 566. The molecule has 1 aromatic rings. The average Bonchev–Trinajstić information content (AvgIpc) is 2.59. The molecule has 25 heavy (non-hydrogen) atoms. The molecule has 138 valence electrons. The van der Waals surface area contributed by atoms with Crippen molar-refractivity contribution in [2.24, 2.45) is 0 Å². The van der Waals surface area contributed by atoms with Gasteiger partial charge in [-0.3, -0.25) is 4.90 Å². The Morgan fingerprint density at radius 2 is 1.84 bits per heavy atom. The third-order valence-corrected chi connectivity index (χ3v) is 3.70. The molecule has 0 aliphatic rings. The smallest absolute Gasteiger partial charge is 0.415 e. The first-order chi connectivity index (χ1) is 12.0. The highest BCUT2D eigenvalue weighted by atomic mass is 16.6. The van der Waals surface area contributed by atoms with Crippen molar-refractivity contribution in [3.8, 4) is 5.75 Å². The normalized spacial score (nSPS) is 10.2. The second kappa shape index (κ2) is 11.1. The molecule has 0 aliphatic carbocycles. The van der Waals surface area contributed by atoms with Crippen molar-refractivity contribution >= 4 is 17.9 Å². The zero-order valence-corrected chi connectivity index (χ0v) is 15.1. The van der Waals surface area contributed by atoms with Gasteiger partial charge in [0.1, 0.15) is 5.75 Å². The van der Waals surface area contributed by atoms with Crippen LogP contribution in [0.3, 0.4) is 0 Å². The number of carbonyl (C=O) groups is 2. The van der Waals surface area contributed by atoms with Crippen LogP contribution >= 0.6 is 0 Å². The Hall–Kier alpha value is -2.50. The molecule has 1 aromatic carbocycles. The predicted octanol–water partition coefficient (Wildman–Crippen LogP) is 4.76. The maximum atomic E-state index is 12.4. The van der Waals surface area contributed by atoms with E-state index in [-0.39, 0.29) is 6.54 Å². The van der Waals surface area contributed by atoms with E-state index in [1.165, 1.54) is 6.08 Å².